The molecule has 2 aromatic rings. The highest BCUT2D eigenvalue weighted by Crippen LogP contribution is 2.25. The first-order valence-electron chi connectivity index (χ1n) is 7.00. The zero-order chi connectivity index (χ0) is 14.7. The Morgan fingerprint density at radius 3 is 3.05 bits per heavy atom. The molecule has 1 aromatic carbocycles. The molecular formula is C14H18N4O2S. The van der Waals surface area contributed by atoms with Crippen LogP contribution in [0.4, 0.5) is 5.69 Å². The molecule has 7 heteroatoms. The third-order valence-corrected chi connectivity index (χ3v) is 5.00. The summed E-state index contributed by atoms with van der Waals surface area (Å²) in [5.41, 5.74) is 2.10. The molecule has 0 radical (unpaired) electrons. The smallest absolute Gasteiger partial charge is 0.240 e. The maximum atomic E-state index is 12.2. The van der Waals surface area contributed by atoms with Crippen molar-refractivity contribution in [3.63, 3.8) is 0 Å². The molecule has 0 unspecified atom stereocenters. The molecule has 21 heavy (non-hydrogen) atoms. The van der Waals surface area contributed by atoms with Crippen LogP contribution in [-0.2, 0) is 22.9 Å². The number of H-pyrrole nitrogens is 1. The highest BCUT2D eigenvalue weighted by atomic mass is 32.2. The summed E-state index contributed by atoms with van der Waals surface area (Å²) in [7, 11) is -3.44. The fourth-order valence-corrected chi connectivity index (χ4v) is 3.52. The first-order valence-corrected chi connectivity index (χ1v) is 8.48. The van der Waals surface area contributed by atoms with Crippen molar-refractivity contribution in [2.45, 2.75) is 24.2 Å². The zero-order valence-corrected chi connectivity index (χ0v) is 12.4. The molecule has 0 saturated heterocycles. The lowest BCUT2D eigenvalue weighted by molar-refractivity contribution is 0.578. The molecule has 0 aliphatic carbocycles. The average Bonchev–Trinajstić information content (AvgIpc) is 3.13. The van der Waals surface area contributed by atoms with Gasteiger partial charge in [-0.15, -0.1) is 0 Å². The van der Waals surface area contributed by atoms with Crippen molar-refractivity contribution in [2.75, 3.05) is 18.4 Å². The van der Waals surface area contributed by atoms with Crippen molar-refractivity contribution in [2.24, 2.45) is 0 Å². The van der Waals surface area contributed by atoms with Crippen LogP contribution in [0.5, 0.6) is 0 Å². The zero-order valence-electron chi connectivity index (χ0n) is 11.6. The first kappa shape index (κ1) is 14.1. The summed E-state index contributed by atoms with van der Waals surface area (Å²) in [5, 5.41) is 3.19. The predicted molar refractivity (Wildman–Crippen MR) is 80.7 cm³/mol. The minimum absolute atomic E-state index is 0.314. The molecule has 0 saturated carbocycles. The van der Waals surface area contributed by atoms with E-state index in [9.17, 15) is 8.42 Å². The van der Waals surface area contributed by atoms with Crippen molar-refractivity contribution >= 4 is 15.7 Å². The highest BCUT2D eigenvalue weighted by molar-refractivity contribution is 7.89. The van der Waals surface area contributed by atoms with Gasteiger partial charge in [-0.3, -0.25) is 0 Å². The van der Waals surface area contributed by atoms with Gasteiger partial charge in [0.25, 0.3) is 0 Å². The molecule has 0 bridgehead atoms. The third kappa shape index (κ3) is 3.25. The number of benzene rings is 1. The molecule has 1 aliphatic heterocycles. The van der Waals surface area contributed by atoms with Crippen LogP contribution in [0, 0.1) is 0 Å². The fraction of sp³-hybridized carbons (Fsp3) is 0.357. The van der Waals surface area contributed by atoms with Gasteiger partial charge in [0, 0.05) is 37.6 Å². The molecule has 112 valence electrons. The Hall–Kier alpha value is -1.86. The third-order valence-electron chi connectivity index (χ3n) is 3.54. The van der Waals surface area contributed by atoms with Gasteiger partial charge in [-0.25, -0.2) is 18.1 Å². The summed E-state index contributed by atoms with van der Waals surface area (Å²) in [5.74, 6) is 0.871. The summed E-state index contributed by atoms with van der Waals surface area (Å²) in [4.78, 5) is 7.42. The number of aromatic nitrogens is 2. The summed E-state index contributed by atoms with van der Waals surface area (Å²) in [6, 6.07) is 5.25. The van der Waals surface area contributed by atoms with Crippen molar-refractivity contribution in [1.29, 1.82) is 0 Å². The van der Waals surface area contributed by atoms with Gasteiger partial charge in [-0.2, -0.15) is 0 Å². The molecule has 1 aromatic heterocycles. The standard InChI is InChI=1S/C14H18N4O2S/c19-21(20,18-6-1-2-14-16-8-9-17-14)12-4-3-11-5-7-15-13(11)10-12/h3-4,8-10,15,18H,1-2,5-7H2,(H,16,17). The maximum absolute atomic E-state index is 12.2. The van der Waals surface area contributed by atoms with Crippen LogP contribution in [0.15, 0.2) is 35.5 Å². The van der Waals surface area contributed by atoms with E-state index in [2.05, 4.69) is 20.0 Å². The van der Waals surface area contributed by atoms with E-state index in [-0.39, 0.29) is 0 Å². The summed E-state index contributed by atoms with van der Waals surface area (Å²) < 4.78 is 27.1. The molecule has 0 amide bonds. The van der Waals surface area contributed by atoms with Crippen LogP contribution in [-0.4, -0.2) is 31.5 Å². The highest BCUT2D eigenvalue weighted by Gasteiger charge is 2.17. The SMILES string of the molecule is O=S(=O)(NCCCc1ncc[nH]1)c1ccc2c(c1)NCC2. The quantitative estimate of drug-likeness (QED) is 0.702. The largest absolute Gasteiger partial charge is 0.384 e. The number of aryl methyl sites for hydroxylation is 1. The van der Waals surface area contributed by atoms with Crippen LogP contribution >= 0.6 is 0 Å². The minimum atomic E-state index is -3.44. The first-order chi connectivity index (χ1) is 10.1. The van der Waals surface area contributed by atoms with Crippen molar-refractivity contribution in [3.05, 3.63) is 42.0 Å². The summed E-state index contributed by atoms with van der Waals surface area (Å²) in [6.45, 7) is 1.27. The van der Waals surface area contributed by atoms with Crippen molar-refractivity contribution in [3.8, 4) is 0 Å². The summed E-state index contributed by atoms with van der Waals surface area (Å²) in [6.07, 6.45) is 5.83. The number of anilines is 1. The van der Waals surface area contributed by atoms with E-state index >= 15 is 0 Å². The molecule has 0 atom stereocenters. The number of fused-ring (bicyclic) bond motifs is 1. The Kier molecular flexibility index (Phi) is 3.94. The Balaban J connectivity index is 1.59. The lowest BCUT2D eigenvalue weighted by Gasteiger charge is -2.08. The number of nitrogens with one attached hydrogen (secondary N) is 3. The van der Waals surface area contributed by atoms with Gasteiger partial charge in [-0.05, 0) is 30.5 Å². The molecule has 6 nitrogen and oxygen atoms in total. The predicted octanol–water partition coefficient (Wildman–Crippen LogP) is 1.29. The Morgan fingerprint density at radius 1 is 1.33 bits per heavy atom. The van der Waals surface area contributed by atoms with E-state index in [1.807, 2.05) is 6.07 Å². The van der Waals surface area contributed by atoms with Gasteiger partial charge in [-0.1, -0.05) is 6.07 Å². The molecule has 1 aliphatic rings. The van der Waals surface area contributed by atoms with Gasteiger partial charge < -0.3 is 10.3 Å². The van der Waals surface area contributed by atoms with Crippen LogP contribution in [0.25, 0.3) is 0 Å². The van der Waals surface area contributed by atoms with Crippen molar-refractivity contribution < 1.29 is 8.42 Å². The Bertz CT molecular complexity index is 711. The molecular weight excluding hydrogens is 288 g/mol. The monoisotopic (exact) mass is 306 g/mol. The van der Waals surface area contributed by atoms with Gasteiger partial charge in [0.15, 0.2) is 0 Å². The van der Waals surface area contributed by atoms with E-state index in [1.54, 1.807) is 24.5 Å². The lowest BCUT2D eigenvalue weighted by atomic mass is 10.2. The van der Waals surface area contributed by atoms with Crippen LogP contribution in [0.2, 0.25) is 0 Å². The minimum Gasteiger partial charge on any atom is -0.384 e. The number of sulfonamides is 1. The second-order valence-corrected chi connectivity index (χ2v) is 6.80. The van der Waals surface area contributed by atoms with Gasteiger partial charge in [0.05, 0.1) is 4.90 Å². The second-order valence-electron chi connectivity index (χ2n) is 5.03. The lowest BCUT2D eigenvalue weighted by Crippen LogP contribution is -2.25. The van der Waals surface area contributed by atoms with Gasteiger partial charge in [0.1, 0.15) is 5.82 Å². The number of imidazole rings is 1. The van der Waals surface area contributed by atoms with Crippen molar-refractivity contribution in [1.82, 2.24) is 14.7 Å². The normalized spacial score (nSPS) is 13.9. The average molecular weight is 306 g/mol. The van der Waals surface area contributed by atoms with Gasteiger partial charge >= 0.3 is 0 Å². The van der Waals surface area contributed by atoms with E-state index in [0.717, 1.165) is 30.9 Å². The Morgan fingerprint density at radius 2 is 2.24 bits per heavy atom. The van der Waals surface area contributed by atoms with E-state index in [4.69, 9.17) is 0 Å². The molecule has 2 heterocycles. The summed E-state index contributed by atoms with van der Waals surface area (Å²) >= 11 is 0. The fourth-order valence-electron chi connectivity index (χ4n) is 2.42. The molecule has 3 N–H and O–H groups in total. The second kappa shape index (κ2) is 5.87. The van der Waals surface area contributed by atoms with Crippen LogP contribution in [0.1, 0.15) is 17.8 Å². The van der Waals surface area contributed by atoms with E-state index in [1.165, 1.54) is 5.56 Å². The van der Waals surface area contributed by atoms with Crippen LogP contribution < -0.4 is 10.0 Å². The molecule has 0 fully saturated rings. The number of nitrogens with zero attached hydrogens (tertiary/aromatic N) is 1. The van der Waals surface area contributed by atoms with Crippen LogP contribution in [0.3, 0.4) is 0 Å². The van der Waals surface area contributed by atoms with Gasteiger partial charge in [0.2, 0.25) is 10.0 Å². The van der Waals surface area contributed by atoms with E-state index < -0.39 is 10.0 Å². The topological polar surface area (TPSA) is 86.9 Å². The number of rotatable bonds is 6. The van der Waals surface area contributed by atoms with E-state index in [0.29, 0.717) is 17.9 Å². The number of aromatic amines is 1. The molecule has 0 spiro atoms. The number of hydrogen-bond acceptors (Lipinski definition) is 4. The molecule has 3 rings (SSSR count). The Labute approximate surface area is 124 Å². The maximum Gasteiger partial charge on any atom is 0.240 e. The number of hydrogen-bond donors (Lipinski definition) is 3.